The van der Waals surface area contributed by atoms with Gasteiger partial charge in [0.1, 0.15) is 0 Å². The predicted octanol–water partition coefficient (Wildman–Crippen LogP) is 0.300. The Hall–Kier alpha value is -1.43. The van der Waals surface area contributed by atoms with Gasteiger partial charge in [-0.3, -0.25) is 10.1 Å². The highest BCUT2D eigenvalue weighted by atomic mass is 16.4. The van der Waals surface area contributed by atoms with Gasteiger partial charge in [-0.05, 0) is 5.92 Å². The molecule has 0 radical (unpaired) electrons. The summed E-state index contributed by atoms with van der Waals surface area (Å²) in [6.45, 7) is 5.37. The molecule has 1 rings (SSSR count). The third kappa shape index (κ3) is 2.53. The molecule has 0 aliphatic rings. The van der Waals surface area contributed by atoms with Crippen molar-refractivity contribution in [3.63, 3.8) is 0 Å². The molecule has 0 fully saturated rings. The summed E-state index contributed by atoms with van der Waals surface area (Å²) in [5.74, 6) is 0.154. The summed E-state index contributed by atoms with van der Waals surface area (Å²) in [4.78, 5) is 11.4. The predicted molar refractivity (Wildman–Crippen MR) is 50.5 cm³/mol. The topological polar surface area (TPSA) is 94.0 Å². The number of hydrogen-bond acceptors (Lipinski definition) is 5. The van der Waals surface area contributed by atoms with Gasteiger partial charge in [-0.1, -0.05) is 18.9 Å². The van der Waals surface area contributed by atoms with Crippen LogP contribution in [0.15, 0.2) is 4.42 Å². The molecule has 0 saturated heterocycles. The van der Waals surface area contributed by atoms with Crippen LogP contribution in [-0.2, 0) is 4.79 Å². The van der Waals surface area contributed by atoms with Crippen molar-refractivity contribution in [2.45, 2.75) is 26.8 Å². The van der Waals surface area contributed by atoms with Gasteiger partial charge in [0.2, 0.25) is 11.8 Å². The van der Waals surface area contributed by atoms with Crippen LogP contribution in [0.4, 0.5) is 6.01 Å². The first-order valence-corrected chi connectivity index (χ1v) is 4.37. The molecule has 0 aromatic carbocycles. The van der Waals surface area contributed by atoms with E-state index in [9.17, 15) is 4.79 Å². The van der Waals surface area contributed by atoms with Gasteiger partial charge in [0.05, 0.1) is 6.04 Å². The fraction of sp³-hybridized carbons (Fsp3) is 0.625. The number of aromatic nitrogens is 2. The van der Waals surface area contributed by atoms with E-state index < -0.39 is 6.04 Å². The van der Waals surface area contributed by atoms with Crippen LogP contribution in [-0.4, -0.2) is 22.1 Å². The van der Waals surface area contributed by atoms with E-state index in [1.165, 1.54) is 0 Å². The van der Waals surface area contributed by atoms with Crippen LogP contribution in [0.2, 0.25) is 0 Å². The monoisotopic (exact) mass is 198 g/mol. The molecule has 0 aliphatic carbocycles. The minimum atomic E-state index is -0.567. The third-order valence-electron chi connectivity index (χ3n) is 1.78. The number of nitrogens with one attached hydrogen (secondary N) is 1. The molecule has 1 unspecified atom stereocenters. The highest BCUT2D eigenvalue weighted by molar-refractivity contribution is 5.92. The van der Waals surface area contributed by atoms with Gasteiger partial charge in [0.15, 0.2) is 0 Å². The lowest BCUT2D eigenvalue weighted by Gasteiger charge is -2.12. The maximum Gasteiger partial charge on any atom is 0.322 e. The summed E-state index contributed by atoms with van der Waals surface area (Å²) in [6, 6.07) is -0.481. The standard InChI is InChI=1S/C8H14N4O2/c1-4(2)6(9)7(13)10-8-12-11-5(3)14-8/h4,6H,9H2,1-3H3,(H,10,12,13). The van der Waals surface area contributed by atoms with E-state index in [4.69, 9.17) is 10.2 Å². The molecule has 0 aliphatic heterocycles. The molecule has 3 N–H and O–H groups in total. The molecule has 1 aromatic heterocycles. The number of aryl methyl sites for hydroxylation is 1. The molecule has 1 atom stereocenters. The van der Waals surface area contributed by atoms with Crippen molar-refractivity contribution in [3.05, 3.63) is 5.89 Å². The van der Waals surface area contributed by atoms with Crippen molar-refractivity contribution in [2.24, 2.45) is 11.7 Å². The summed E-state index contributed by atoms with van der Waals surface area (Å²) in [5.41, 5.74) is 5.61. The summed E-state index contributed by atoms with van der Waals surface area (Å²) in [5, 5.41) is 9.63. The first-order chi connectivity index (χ1) is 6.50. The van der Waals surface area contributed by atoms with E-state index in [0.717, 1.165) is 0 Å². The zero-order valence-electron chi connectivity index (χ0n) is 8.44. The first kappa shape index (κ1) is 10.6. The Morgan fingerprint density at radius 3 is 2.57 bits per heavy atom. The van der Waals surface area contributed by atoms with Crippen molar-refractivity contribution >= 4 is 11.9 Å². The quantitative estimate of drug-likeness (QED) is 0.728. The number of hydrogen-bond donors (Lipinski definition) is 2. The van der Waals surface area contributed by atoms with Gasteiger partial charge in [0.25, 0.3) is 0 Å². The van der Waals surface area contributed by atoms with Gasteiger partial charge in [-0.25, -0.2) is 0 Å². The van der Waals surface area contributed by atoms with E-state index in [0.29, 0.717) is 5.89 Å². The fourth-order valence-electron chi connectivity index (χ4n) is 0.839. The molecular formula is C8H14N4O2. The average molecular weight is 198 g/mol. The number of amides is 1. The van der Waals surface area contributed by atoms with Crippen molar-refractivity contribution in [2.75, 3.05) is 5.32 Å². The first-order valence-electron chi connectivity index (χ1n) is 4.37. The lowest BCUT2D eigenvalue weighted by molar-refractivity contribution is -0.118. The number of nitrogens with two attached hydrogens (primary N) is 1. The molecule has 1 heterocycles. The van der Waals surface area contributed by atoms with E-state index in [-0.39, 0.29) is 17.8 Å². The van der Waals surface area contributed by atoms with Crippen LogP contribution in [0.3, 0.4) is 0 Å². The highest BCUT2D eigenvalue weighted by Gasteiger charge is 2.18. The van der Waals surface area contributed by atoms with Crippen molar-refractivity contribution in [1.29, 1.82) is 0 Å². The van der Waals surface area contributed by atoms with E-state index in [1.807, 2.05) is 13.8 Å². The molecule has 0 bridgehead atoms. The van der Waals surface area contributed by atoms with Crippen LogP contribution in [0, 0.1) is 12.8 Å². The molecule has 0 saturated carbocycles. The van der Waals surface area contributed by atoms with Crippen LogP contribution in [0.25, 0.3) is 0 Å². The van der Waals surface area contributed by atoms with Crippen molar-refractivity contribution in [1.82, 2.24) is 10.2 Å². The number of nitrogens with zero attached hydrogens (tertiary/aromatic N) is 2. The van der Waals surface area contributed by atoms with Crippen LogP contribution < -0.4 is 11.1 Å². The van der Waals surface area contributed by atoms with Crippen molar-refractivity contribution < 1.29 is 9.21 Å². The second-order valence-corrected chi connectivity index (χ2v) is 3.39. The SMILES string of the molecule is Cc1nnc(NC(=O)C(N)C(C)C)o1. The minimum absolute atomic E-state index is 0.0685. The Balaban J connectivity index is 2.57. The molecular weight excluding hydrogens is 184 g/mol. The Bertz CT molecular complexity index is 321. The second kappa shape index (κ2) is 4.19. The maximum atomic E-state index is 11.4. The Labute approximate surface area is 81.9 Å². The zero-order chi connectivity index (χ0) is 10.7. The van der Waals surface area contributed by atoms with Crippen LogP contribution in [0.1, 0.15) is 19.7 Å². The average Bonchev–Trinajstić information content (AvgIpc) is 2.49. The van der Waals surface area contributed by atoms with Gasteiger partial charge in [0, 0.05) is 6.92 Å². The Kier molecular flexibility index (Phi) is 3.19. The summed E-state index contributed by atoms with van der Waals surface area (Å²) >= 11 is 0. The summed E-state index contributed by atoms with van der Waals surface area (Å²) < 4.78 is 4.97. The molecule has 14 heavy (non-hydrogen) atoms. The van der Waals surface area contributed by atoms with Gasteiger partial charge in [-0.15, -0.1) is 5.10 Å². The third-order valence-corrected chi connectivity index (χ3v) is 1.78. The molecule has 1 aromatic rings. The fourth-order valence-corrected chi connectivity index (χ4v) is 0.839. The molecule has 0 spiro atoms. The van der Waals surface area contributed by atoms with Crippen molar-refractivity contribution in [3.8, 4) is 0 Å². The maximum absolute atomic E-state index is 11.4. The smallest absolute Gasteiger partial charge is 0.322 e. The molecule has 1 amide bonds. The minimum Gasteiger partial charge on any atom is -0.408 e. The summed E-state index contributed by atoms with van der Waals surface area (Å²) in [7, 11) is 0. The lowest BCUT2D eigenvalue weighted by atomic mass is 10.1. The van der Waals surface area contributed by atoms with E-state index in [2.05, 4.69) is 15.5 Å². The zero-order valence-corrected chi connectivity index (χ0v) is 8.44. The van der Waals surface area contributed by atoms with E-state index >= 15 is 0 Å². The summed E-state index contributed by atoms with van der Waals surface area (Å²) in [6.07, 6.45) is 0. The largest absolute Gasteiger partial charge is 0.408 e. The van der Waals surface area contributed by atoms with E-state index in [1.54, 1.807) is 6.92 Å². The molecule has 6 nitrogen and oxygen atoms in total. The van der Waals surface area contributed by atoms with Gasteiger partial charge < -0.3 is 10.2 Å². The number of carbonyl (C=O) groups excluding carboxylic acids is 1. The lowest BCUT2D eigenvalue weighted by Crippen LogP contribution is -2.39. The van der Waals surface area contributed by atoms with Gasteiger partial charge >= 0.3 is 6.01 Å². The van der Waals surface area contributed by atoms with Crippen LogP contribution in [0.5, 0.6) is 0 Å². The molecule has 78 valence electrons. The van der Waals surface area contributed by atoms with Crippen LogP contribution >= 0.6 is 0 Å². The number of anilines is 1. The second-order valence-electron chi connectivity index (χ2n) is 3.39. The Morgan fingerprint density at radius 2 is 2.14 bits per heavy atom. The Morgan fingerprint density at radius 1 is 1.50 bits per heavy atom. The number of rotatable bonds is 3. The normalized spacial score (nSPS) is 12.9. The highest BCUT2D eigenvalue weighted by Crippen LogP contribution is 2.06. The molecule has 6 heteroatoms. The number of carbonyl (C=O) groups is 1. The van der Waals surface area contributed by atoms with Gasteiger partial charge in [-0.2, -0.15) is 0 Å².